The zero-order chi connectivity index (χ0) is 19.4. The number of imidazole rings is 1. The first-order chi connectivity index (χ1) is 13.0. The predicted molar refractivity (Wildman–Crippen MR) is 105 cm³/mol. The molecule has 2 heterocycles. The fourth-order valence-electron chi connectivity index (χ4n) is 3.81. The van der Waals surface area contributed by atoms with Crippen LogP contribution in [0.5, 0.6) is 0 Å². The lowest BCUT2D eigenvalue weighted by molar-refractivity contribution is -0.133. The molecule has 2 amide bonds. The fraction of sp³-hybridized carbons (Fsp3) is 0.550. The molecular weight excluding hydrogens is 344 g/mol. The van der Waals surface area contributed by atoms with Crippen molar-refractivity contribution in [3.63, 3.8) is 0 Å². The summed E-state index contributed by atoms with van der Waals surface area (Å²) >= 11 is 0. The van der Waals surface area contributed by atoms with Gasteiger partial charge in [0.25, 0.3) is 0 Å². The van der Waals surface area contributed by atoms with Gasteiger partial charge in [-0.25, -0.2) is 4.79 Å². The molecule has 1 aromatic carbocycles. The minimum Gasteiger partial charge on any atom is -0.352 e. The molecule has 0 aliphatic carbocycles. The van der Waals surface area contributed by atoms with Crippen molar-refractivity contribution in [2.45, 2.75) is 58.7 Å². The molecule has 1 saturated heterocycles. The molecule has 1 aliphatic heterocycles. The summed E-state index contributed by atoms with van der Waals surface area (Å²) in [6.45, 7) is 6.01. The SMILES string of the molecule is CCC(=O)N[C@@H]1CCCN(C(=O)CCn2c(=O)n(CC)c3ccccc32)C1. The van der Waals surface area contributed by atoms with Crippen molar-refractivity contribution in [1.29, 1.82) is 0 Å². The van der Waals surface area contributed by atoms with Crippen LogP contribution in [0.3, 0.4) is 0 Å². The van der Waals surface area contributed by atoms with Gasteiger partial charge >= 0.3 is 5.69 Å². The molecular formula is C20H28N4O3. The van der Waals surface area contributed by atoms with E-state index in [0.29, 0.717) is 32.6 Å². The number of fused-ring (bicyclic) bond motifs is 1. The predicted octanol–water partition coefficient (Wildman–Crippen LogP) is 1.73. The summed E-state index contributed by atoms with van der Waals surface area (Å²) < 4.78 is 3.42. The normalized spacial score (nSPS) is 17.3. The first-order valence-electron chi connectivity index (χ1n) is 9.80. The van der Waals surface area contributed by atoms with Gasteiger partial charge in [-0.05, 0) is 31.9 Å². The molecule has 3 rings (SSSR count). The molecule has 0 unspecified atom stereocenters. The monoisotopic (exact) mass is 372 g/mol. The number of benzene rings is 1. The molecule has 0 saturated carbocycles. The summed E-state index contributed by atoms with van der Waals surface area (Å²) in [6.07, 6.45) is 2.52. The van der Waals surface area contributed by atoms with Gasteiger partial charge < -0.3 is 10.2 Å². The molecule has 7 nitrogen and oxygen atoms in total. The third-order valence-electron chi connectivity index (χ3n) is 5.25. The number of rotatable bonds is 6. The molecule has 1 fully saturated rings. The quantitative estimate of drug-likeness (QED) is 0.839. The Kier molecular flexibility index (Phi) is 5.98. The van der Waals surface area contributed by atoms with Gasteiger partial charge in [-0.1, -0.05) is 19.1 Å². The third-order valence-corrected chi connectivity index (χ3v) is 5.25. The van der Waals surface area contributed by atoms with Crippen LogP contribution in [0, 0.1) is 0 Å². The summed E-state index contributed by atoms with van der Waals surface area (Å²) in [5.74, 6) is 0.0545. The lowest BCUT2D eigenvalue weighted by Gasteiger charge is -2.33. The zero-order valence-corrected chi connectivity index (χ0v) is 16.1. The molecule has 27 heavy (non-hydrogen) atoms. The van der Waals surface area contributed by atoms with Gasteiger partial charge in [-0.3, -0.25) is 18.7 Å². The largest absolute Gasteiger partial charge is 0.352 e. The first-order valence-corrected chi connectivity index (χ1v) is 9.80. The topological polar surface area (TPSA) is 76.3 Å². The van der Waals surface area contributed by atoms with Crippen LogP contribution in [-0.2, 0) is 22.7 Å². The summed E-state index contributed by atoms with van der Waals surface area (Å²) in [6, 6.07) is 7.71. The van der Waals surface area contributed by atoms with Crippen molar-refractivity contribution in [3.05, 3.63) is 34.7 Å². The molecule has 1 N–H and O–H groups in total. The number of nitrogens with one attached hydrogen (secondary N) is 1. The second kappa shape index (κ2) is 8.41. The van der Waals surface area contributed by atoms with E-state index in [2.05, 4.69) is 5.32 Å². The second-order valence-corrected chi connectivity index (χ2v) is 7.02. The minimum atomic E-state index is -0.0711. The van der Waals surface area contributed by atoms with E-state index in [-0.39, 0.29) is 30.0 Å². The standard InChI is InChI=1S/C20H28N4O3/c1-3-18(25)21-15-8-7-12-22(14-15)19(26)11-13-24-17-10-6-5-9-16(17)23(4-2)20(24)27/h5-6,9-10,15H,3-4,7-8,11-14H2,1-2H3,(H,21,25)/t15-/m1/s1. The molecule has 1 atom stereocenters. The molecule has 7 heteroatoms. The Bertz CT molecular complexity index is 883. The Hall–Kier alpha value is -2.57. The average molecular weight is 372 g/mol. The molecule has 1 aromatic heterocycles. The lowest BCUT2D eigenvalue weighted by Crippen LogP contribution is -2.49. The fourth-order valence-corrected chi connectivity index (χ4v) is 3.81. The van der Waals surface area contributed by atoms with Gasteiger partial charge in [0.15, 0.2) is 0 Å². The highest BCUT2D eigenvalue weighted by molar-refractivity contribution is 5.79. The van der Waals surface area contributed by atoms with Crippen LogP contribution in [-0.4, -0.2) is 45.0 Å². The van der Waals surface area contributed by atoms with Crippen LogP contribution in [0.2, 0.25) is 0 Å². The molecule has 0 spiro atoms. The average Bonchev–Trinajstić information content (AvgIpc) is 2.96. The molecule has 1 aliphatic rings. The van der Waals surface area contributed by atoms with Crippen molar-refractivity contribution >= 4 is 22.8 Å². The number of nitrogens with zero attached hydrogens (tertiary/aromatic N) is 3. The van der Waals surface area contributed by atoms with Crippen LogP contribution in [0.15, 0.2) is 29.1 Å². The van der Waals surface area contributed by atoms with Gasteiger partial charge in [-0.2, -0.15) is 0 Å². The molecule has 0 radical (unpaired) electrons. The van der Waals surface area contributed by atoms with E-state index >= 15 is 0 Å². The lowest BCUT2D eigenvalue weighted by atomic mass is 10.1. The number of aromatic nitrogens is 2. The van der Waals surface area contributed by atoms with Gasteiger partial charge in [-0.15, -0.1) is 0 Å². The Morgan fingerprint density at radius 3 is 2.52 bits per heavy atom. The number of piperidine rings is 1. The second-order valence-electron chi connectivity index (χ2n) is 7.02. The number of para-hydroxylation sites is 2. The van der Waals surface area contributed by atoms with E-state index in [1.54, 1.807) is 9.13 Å². The highest BCUT2D eigenvalue weighted by Crippen LogP contribution is 2.15. The Morgan fingerprint density at radius 1 is 1.15 bits per heavy atom. The summed E-state index contributed by atoms with van der Waals surface area (Å²) in [5.41, 5.74) is 1.69. The molecule has 2 aromatic rings. The summed E-state index contributed by atoms with van der Waals surface area (Å²) in [4.78, 5) is 38.8. The maximum absolute atomic E-state index is 12.7. The third kappa shape index (κ3) is 4.07. The van der Waals surface area contributed by atoms with Crippen LogP contribution in [0.25, 0.3) is 11.0 Å². The molecule has 146 valence electrons. The van der Waals surface area contributed by atoms with Crippen molar-refractivity contribution in [2.75, 3.05) is 13.1 Å². The van der Waals surface area contributed by atoms with Gasteiger partial charge in [0.2, 0.25) is 11.8 Å². The van der Waals surface area contributed by atoms with Crippen LogP contribution >= 0.6 is 0 Å². The van der Waals surface area contributed by atoms with Crippen molar-refractivity contribution in [1.82, 2.24) is 19.4 Å². The van der Waals surface area contributed by atoms with Gasteiger partial charge in [0, 0.05) is 45.1 Å². The van der Waals surface area contributed by atoms with Crippen LogP contribution in [0.1, 0.15) is 39.5 Å². The Morgan fingerprint density at radius 2 is 1.85 bits per heavy atom. The Balaban J connectivity index is 1.67. The van der Waals surface area contributed by atoms with Crippen molar-refractivity contribution in [3.8, 4) is 0 Å². The number of aryl methyl sites for hydroxylation is 2. The maximum Gasteiger partial charge on any atom is 0.329 e. The van der Waals surface area contributed by atoms with E-state index in [4.69, 9.17) is 0 Å². The van der Waals surface area contributed by atoms with E-state index in [0.717, 1.165) is 23.9 Å². The van der Waals surface area contributed by atoms with E-state index in [1.807, 2.05) is 43.0 Å². The van der Waals surface area contributed by atoms with E-state index in [9.17, 15) is 14.4 Å². The highest BCUT2D eigenvalue weighted by Gasteiger charge is 2.24. The van der Waals surface area contributed by atoms with Gasteiger partial charge in [0.1, 0.15) is 0 Å². The minimum absolute atomic E-state index is 0.0215. The maximum atomic E-state index is 12.7. The first kappa shape index (κ1) is 19.2. The number of hydrogen-bond donors (Lipinski definition) is 1. The highest BCUT2D eigenvalue weighted by atomic mass is 16.2. The molecule has 0 bridgehead atoms. The zero-order valence-electron chi connectivity index (χ0n) is 16.1. The van der Waals surface area contributed by atoms with Crippen molar-refractivity contribution < 1.29 is 9.59 Å². The van der Waals surface area contributed by atoms with E-state index in [1.165, 1.54) is 0 Å². The van der Waals surface area contributed by atoms with Crippen LogP contribution < -0.4 is 11.0 Å². The van der Waals surface area contributed by atoms with E-state index < -0.39 is 0 Å². The van der Waals surface area contributed by atoms with Crippen LogP contribution in [0.4, 0.5) is 0 Å². The number of carbonyl (C=O) groups is 2. The van der Waals surface area contributed by atoms with Crippen molar-refractivity contribution in [2.24, 2.45) is 0 Å². The summed E-state index contributed by atoms with van der Waals surface area (Å²) in [5, 5.41) is 2.98. The number of hydrogen-bond acceptors (Lipinski definition) is 3. The number of amides is 2. The van der Waals surface area contributed by atoms with Gasteiger partial charge in [0.05, 0.1) is 11.0 Å². The smallest absolute Gasteiger partial charge is 0.329 e. The number of carbonyl (C=O) groups excluding carboxylic acids is 2. The summed E-state index contributed by atoms with van der Waals surface area (Å²) in [7, 11) is 0. The Labute approximate surface area is 158 Å². The number of likely N-dealkylation sites (tertiary alicyclic amines) is 1.